The van der Waals surface area contributed by atoms with E-state index in [0.29, 0.717) is 12.2 Å². The van der Waals surface area contributed by atoms with Gasteiger partial charge in [-0.2, -0.15) is 0 Å². The fraction of sp³-hybridized carbons (Fsp3) is 0.654. The Morgan fingerprint density at radius 1 is 0.793 bits per heavy atom. The summed E-state index contributed by atoms with van der Waals surface area (Å²) in [4.78, 5) is 11.7. The van der Waals surface area contributed by atoms with Gasteiger partial charge in [0.2, 0.25) is 0 Å². The van der Waals surface area contributed by atoms with E-state index < -0.39 is 0 Å². The summed E-state index contributed by atoms with van der Waals surface area (Å²) in [5.41, 5.74) is 1.07. The van der Waals surface area contributed by atoms with E-state index in [4.69, 9.17) is 4.74 Å². The van der Waals surface area contributed by atoms with Crippen LogP contribution in [0.3, 0.4) is 0 Å². The second-order valence-corrected chi connectivity index (χ2v) is 7.91. The highest BCUT2D eigenvalue weighted by Gasteiger charge is 2.04. The fourth-order valence-corrected chi connectivity index (χ4v) is 3.25. The average Bonchev–Trinajstić information content (AvgIpc) is 2.73. The number of hydrogen-bond acceptors (Lipinski definition) is 3. The topological polar surface area (TPSA) is 38.3 Å². The molecule has 1 aromatic rings. The van der Waals surface area contributed by atoms with Crippen LogP contribution >= 0.6 is 0 Å². The zero-order chi connectivity index (χ0) is 21.0. The van der Waals surface area contributed by atoms with Crippen molar-refractivity contribution in [1.82, 2.24) is 0 Å². The second-order valence-electron chi connectivity index (χ2n) is 7.91. The molecule has 1 aromatic carbocycles. The van der Waals surface area contributed by atoms with Crippen LogP contribution in [-0.4, -0.2) is 12.5 Å². The molecule has 0 bridgehead atoms. The lowest BCUT2D eigenvalue weighted by molar-refractivity contribution is -0.134. The number of esters is 1. The zero-order valence-corrected chi connectivity index (χ0v) is 18.9. The Bertz CT molecular complexity index is 536. The fourth-order valence-electron chi connectivity index (χ4n) is 3.25. The van der Waals surface area contributed by atoms with E-state index in [2.05, 4.69) is 31.3 Å². The lowest BCUT2D eigenvalue weighted by Crippen LogP contribution is -2.07. The molecule has 0 aliphatic carbocycles. The van der Waals surface area contributed by atoms with Crippen molar-refractivity contribution < 1.29 is 9.53 Å². The molecule has 1 rings (SSSR count). The molecule has 0 saturated heterocycles. The summed E-state index contributed by atoms with van der Waals surface area (Å²) in [5, 5.41) is 3.43. The lowest BCUT2D eigenvalue weighted by Gasteiger charge is -2.07. The van der Waals surface area contributed by atoms with Crippen molar-refractivity contribution in [2.24, 2.45) is 0 Å². The Morgan fingerprint density at radius 2 is 1.38 bits per heavy atom. The van der Waals surface area contributed by atoms with Gasteiger partial charge in [-0.1, -0.05) is 77.4 Å². The summed E-state index contributed by atoms with van der Waals surface area (Å²) >= 11 is 0. The number of ether oxygens (including phenoxy) is 1. The first-order valence-electron chi connectivity index (χ1n) is 12.0. The third-order valence-electron chi connectivity index (χ3n) is 5.09. The Hall–Kier alpha value is -1.77. The monoisotopic (exact) mass is 401 g/mol. The number of hydrogen-bond donors (Lipinski definition) is 1. The number of allylic oxidation sites excluding steroid dienone is 2. The zero-order valence-electron chi connectivity index (χ0n) is 18.9. The van der Waals surface area contributed by atoms with Crippen molar-refractivity contribution in [3.63, 3.8) is 0 Å². The lowest BCUT2D eigenvalue weighted by atomic mass is 10.1. The summed E-state index contributed by atoms with van der Waals surface area (Å²) < 4.78 is 5.36. The smallest absolute Gasteiger partial charge is 0.311 e. The minimum Gasteiger partial charge on any atom is -0.427 e. The first-order chi connectivity index (χ1) is 14.3. The first kappa shape index (κ1) is 25.3. The number of unbranched alkanes of at least 4 members (excludes halogenated alkanes) is 10. The maximum absolute atomic E-state index is 11.7. The van der Waals surface area contributed by atoms with Gasteiger partial charge in [-0.05, 0) is 56.4 Å². The Morgan fingerprint density at radius 3 is 2.07 bits per heavy atom. The standard InChI is InChI=1S/C26H43NO2/c1-3-5-7-8-9-10-11-12-13-14-15-17-23-27-24-19-21-25(22-20-24)29-26(28)18-16-6-4-2/h13-14,19-22,27H,3-12,15-18,23H2,1-2H3. The van der Waals surface area contributed by atoms with E-state index in [0.717, 1.165) is 44.3 Å². The summed E-state index contributed by atoms with van der Waals surface area (Å²) in [5.74, 6) is 0.493. The van der Waals surface area contributed by atoms with Crippen LogP contribution in [0.2, 0.25) is 0 Å². The van der Waals surface area contributed by atoms with Crippen molar-refractivity contribution in [2.75, 3.05) is 11.9 Å². The van der Waals surface area contributed by atoms with E-state index in [9.17, 15) is 4.79 Å². The molecule has 0 saturated carbocycles. The molecule has 0 heterocycles. The van der Waals surface area contributed by atoms with Gasteiger partial charge in [-0.15, -0.1) is 0 Å². The molecule has 0 aliphatic heterocycles. The van der Waals surface area contributed by atoms with Crippen LogP contribution in [0.15, 0.2) is 36.4 Å². The first-order valence-corrected chi connectivity index (χ1v) is 12.0. The SMILES string of the molecule is CCCCCCCCCC=CCCCNc1ccc(OC(=O)CCCCC)cc1. The van der Waals surface area contributed by atoms with Crippen molar-refractivity contribution >= 4 is 11.7 Å². The molecule has 0 aromatic heterocycles. The number of nitrogens with one attached hydrogen (secondary N) is 1. The largest absolute Gasteiger partial charge is 0.427 e. The van der Waals surface area contributed by atoms with Crippen LogP contribution in [-0.2, 0) is 4.79 Å². The molecule has 0 unspecified atom stereocenters. The van der Waals surface area contributed by atoms with Crippen molar-refractivity contribution in [3.8, 4) is 5.75 Å². The number of carbonyl (C=O) groups is 1. The van der Waals surface area contributed by atoms with E-state index >= 15 is 0 Å². The van der Waals surface area contributed by atoms with Gasteiger partial charge in [-0.3, -0.25) is 4.79 Å². The van der Waals surface area contributed by atoms with Gasteiger partial charge >= 0.3 is 5.97 Å². The average molecular weight is 402 g/mol. The Balaban J connectivity index is 2.02. The number of rotatable bonds is 18. The van der Waals surface area contributed by atoms with Gasteiger partial charge in [0.05, 0.1) is 0 Å². The normalized spacial score (nSPS) is 11.1. The second kappa shape index (κ2) is 18.3. The molecule has 0 aliphatic rings. The quantitative estimate of drug-likeness (QED) is 0.117. The van der Waals surface area contributed by atoms with Crippen molar-refractivity contribution in [1.29, 1.82) is 0 Å². The number of benzene rings is 1. The predicted octanol–water partition coefficient (Wildman–Crippen LogP) is 8.06. The highest BCUT2D eigenvalue weighted by Crippen LogP contribution is 2.17. The van der Waals surface area contributed by atoms with Crippen molar-refractivity contribution in [3.05, 3.63) is 36.4 Å². The molecule has 0 atom stereocenters. The van der Waals surface area contributed by atoms with Gasteiger partial charge in [0, 0.05) is 18.7 Å². The predicted molar refractivity (Wildman–Crippen MR) is 126 cm³/mol. The maximum Gasteiger partial charge on any atom is 0.311 e. The molecule has 0 fully saturated rings. The van der Waals surface area contributed by atoms with Gasteiger partial charge in [0.1, 0.15) is 5.75 Å². The molecule has 29 heavy (non-hydrogen) atoms. The summed E-state index contributed by atoms with van der Waals surface area (Å²) in [7, 11) is 0. The number of carbonyl (C=O) groups excluding carboxylic acids is 1. The van der Waals surface area contributed by atoms with Gasteiger partial charge in [-0.25, -0.2) is 0 Å². The van der Waals surface area contributed by atoms with Crippen LogP contribution in [0.1, 0.15) is 104 Å². The Kier molecular flexibility index (Phi) is 15.9. The minimum absolute atomic E-state index is 0.137. The van der Waals surface area contributed by atoms with Crippen LogP contribution in [0.4, 0.5) is 5.69 Å². The Labute approximate surface area is 179 Å². The van der Waals surface area contributed by atoms with Gasteiger partial charge in [0.25, 0.3) is 0 Å². The summed E-state index contributed by atoms with van der Waals surface area (Å²) in [6.07, 6.45) is 21.4. The molecule has 1 N–H and O–H groups in total. The van der Waals surface area contributed by atoms with Gasteiger partial charge < -0.3 is 10.1 Å². The molecular weight excluding hydrogens is 358 g/mol. The van der Waals surface area contributed by atoms with Crippen LogP contribution in [0.25, 0.3) is 0 Å². The molecule has 164 valence electrons. The van der Waals surface area contributed by atoms with E-state index in [1.165, 1.54) is 51.4 Å². The third-order valence-corrected chi connectivity index (χ3v) is 5.09. The summed E-state index contributed by atoms with van der Waals surface area (Å²) in [6, 6.07) is 7.68. The minimum atomic E-state index is -0.137. The van der Waals surface area contributed by atoms with Crippen LogP contribution < -0.4 is 10.1 Å². The van der Waals surface area contributed by atoms with E-state index in [1.807, 2.05) is 24.3 Å². The molecule has 0 radical (unpaired) electrons. The molecule has 3 nitrogen and oxygen atoms in total. The highest BCUT2D eigenvalue weighted by atomic mass is 16.5. The van der Waals surface area contributed by atoms with E-state index in [1.54, 1.807) is 0 Å². The highest BCUT2D eigenvalue weighted by molar-refractivity contribution is 5.72. The van der Waals surface area contributed by atoms with Crippen LogP contribution in [0.5, 0.6) is 5.75 Å². The molecule has 3 heteroatoms. The van der Waals surface area contributed by atoms with Gasteiger partial charge in [0.15, 0.2) is 0 Å². The number of anilines is 1. The van der Waals surface area contributed by atoms with Crippen LogP contribution in [0, 0.1) is 0 Å². The van der Waals surface area contributed by atoms with E-state index in [-0.39, 0.29) is 5.97 Å². The maximum atomic E-state index is 11.7. The molecule has 0 spiro atoms. The molecular formula is C26H43NO2. The van der Waals surface area contributed by atoms with Crippen molar-refractivity contribution in [2.45, 2.75) is 104 Å². The summed E-state index contributed by atoms with van der Waals surface area (Å²) in [6.45, 7) is 5.36. The third kappa shape index (κ3) is 14.8. The molecule has 0 amide bonds.